The first-order valence-electron chi connectivity index (χ1n) is 5.79. The average Bonchev–Trinajstić information content (AvgIpc) is 2.74. The number of hydrogen-bond acceptors (Lipinski definition) is 4. The summed E-state index contributed by atoms with van der Waals surface area (Å²) in [6.45, 7) is 0.242. The van der Waals surface area contributed by atoms with Crippen LogP contribution < -0.4 is 5.73 Å². The van der Waals surface area contributed by atoms with E-state index < -0.39 is 10.0 Å². The van der Waals surface area contributed by atoms with Gasteiger partial charge in [-0.25, -0.2) is 8.42 Å². The maximum atomic E-state index is 12.5. The van der Waals surface area contributed by atoms with E-state index in [2.05, 4.69) is 21.0 Å². The van der Waals surface area contributed by atoms with Gasteiger partial charge in [-0.3, -0.25) is 4.68 Å². The molecule has 1 heterocycles. The topological polar surface area (TPSA) is 81.2 Å². The summed E-state index contributed by atoms with van der Waals surface area (Å²) in [6, 6.07) is 4.72. The molecule has 0 amide bonds. The Kier molecular flexibility index (Phi) is 4.17. The van der Waals surface area contributed by atoms with Gasteiger partial charge < -0.3 is 5.73 Å². The lowest BCUT2D eigenvalue weighted by atomic mass is 10.3. The smallest absolute Gasteiger partial charge is 0.245 e. The van der Waals surface area contributed by atoms with E-state index in [9.17, 15) is 8.42 Å². The summed E-state index contributed by atoms with van der Waals surface area (Å²) in [4.78, 5) is 0.104. The molecule has 1 aromatic carbocycles. The van der Waals surface area contributed by atoms with E-state index in [4.69, 9.17) is 5.73 Å². The molecule has 0 aliphatic carbocycles. The largest absolute Gasteiger partial charge is 0.398 e. The zero-order valence-corrected chi connectivity index (χ0v) is 13.5. The van der Waals surface area contributed by atoms with Crippen LogP contribution in [0, 0.1) is 0 Å². The van der Waals surface area contributed by atoms with E-state index in [0.717, 1.165) is 10.0 Å². The van der Waals surface area contributed by atoms with Crippen LogP contribution in [-0.4, -0.2) is 29.6 Å². The van der Waals surface area contributed by atoms with Gasteiger partial charge in [0.1, 0.15) is 4.90 Å². The molecule has 0 saturated carbocycles. The first-order valence-corrected chi connectivity index (χ1v) is 8.03. The Morgan fingerprint density at radius 3 is 2.70 bits per heavy atom. The standard InChI is InChI=1S/C12H15BrN4O2S/c1-16-7-9(6-15-16)8-17(2)20(18,19)12-4-3-10(13)5-11(12)14/h3-7H,8,14H2,1-2H3. The second-order valence-electron chi connectivity index (χ2n) is 4.47. The van der Waals surface area contributed by atoms with E-state index >= 15 is 0 Å². The van der Waals surface area contributed by atoms with Crippen molar-refractivity contribution in [3.63, 3.8) is 0 Å². The van der Waals surface area contributed by atoms with Crippen molar-refractivity contribution in [2.45, 2.75) is 11.4 Å². The minimum Gasteiger partial charge on any atom is -0.398 e. The molecule has 0 saturated heterocycles. The maximum Gasteiger partial charge on any atom is 0.245 e. The predicted octanol–water partition coefficient (Wildman–Crippen LogP) is 1.59. The van der Waals surface area contributed by atoms with Crippen molar-refractivity contribution in [3.05, 3.63) is 40.6 Å². The Bertz CT molecular complexity index is 727. The number of aryl methyl sites for hydroxylation is 1. The van der Waals surface area contributed by atoms with Gasteiger partial charge in [0.05, 0.1) is 11.9 Å². The fraction of sp³-hybridized carbons (Fsp3) is 0.250. The first-order chi connectivity index (χ1) is 9.30. The van der Waals surface area contributed by atoms with Gasteiger partial charge in [0.2, 0.25) is 10.0 Å². The predicted molar refractivity (Wildman–Crippen MR) is 80.4 cm³/mol. The molecule has 0 atom stereocenters. The molecule has 0 fully saturated rings. The minimum absolute atomic E-state index is 0.104. The number of hydrogen-bond donors (Lipinski definition) is 1. The lowest BCUT2D eigenvalue weighted by molar-refractivity contribution is 0.467. The van der Waals surface area contributed by atoms with Crippen LogP contribution in [0.5, 0.6) is 0 Å². The SMILES string of the molecule is CN(Cc1cnn(C)c1)S(=O)(=O)c1ccc(Br)cc1N. The molecule has 0 aliphatic rings. The van der Waals surface area contributed by atoms with Crippen LogP contribution in [0.25, 0.3) is 0 Å². The Balaban J connectivity index is 2.29. The van der Waals surface area contributed by atoms with Gasteiger partial charge in [-0.1, -0.05) is 15.9 Å². The number of nitrogens with two attached hydrogens (primary N) is 1. The van der Waals surface area contributed by atoms with Crippen molar-refractivity contribution in [3.8, 4) is 0 Å². The van der Waals surface area contributed by atoms with Crippen molar-refractivity contribution < 1.29 is 8.42 Å². The lowest BCUT2D eigenvalue weighted by Crippen LogP contribution is -2.27. The number of rotatable bonds is 4. The molecule has 0 spiro atoms. The molecule has 0 unspecified atom stereocenters. The summed E-state index contributed by atoms with van der Waals surface area (Å²) in [5, 5.41) is 4.02. The number of sulfonamides is 1. The van der Waals surface area contributed by atoms with Crippen LogP contribution >= 0.6 is 15.9 Å². The lowest BCUT2D eigenvalue weighted by Gasteiger charge is -2.17. The number of benzene rings is 1. The van der Waals surface area contributed by atoms with Gasteiger partial charge >= 0.3 is 0 Å². The molecule has 6 nitrogen and oxygen atoms in total. The molecule has 0 aliphatic heterocycles. The molecule has 8 heteroatoms. The Hall–Kier alpha value is -1.38. The zero-order chi connectivity index (χ0) is 14.9. The van der Waals surface area contributed by atoms with E-state index in [1.54, 1.807) is 36.3 Å². The Morgan fingerprint density at radius 1 is 1.45 bits per heavy atom. The van der Waals surface area contributed by atoms with Crippen LogP contribution in [0.2, 0.25) is 0 Å². The molecule has 108 valence electrons. The minimum atomic E-state index is -3.62. The molecular weight excluding hydrogens is 344 g/mol. The van der Waals surface area contributed by atoms with Crippen LogP contribution in [0.15, 0.2) is 40.0 Å². The molecular formula is C12H15BrN4O2S. The number of halogens is 1. The summed E-state index contributed by atoms with van der Waals surface area (Å²) >= 11 is 3.26. The van der Waals surface area contributed by atoms with Gasteiger partial charge in [0.25, 0.3) is 0 Å². The van der Waals surface area contributed by atoms with Crippen molar-refractivity contribution in [2.75, 3.05) is 12.8 Å². The van der Waals surface area contributed by atoms with Crippen molar-refractivity contribution in [2.24, 2.45) is 7.05 Å². The summed E-state index contributed by atoms with van der Waals surface area (Å²) in [5.41, 5.74) is 6.82. The quantitative estimate of drug-likeness (QED) is 0.841. The highest BCUT2D eigenvalue weighted by molar-refractivity contribution is 9.10. The normalized spacial score (nSPS) is 12.0. The third kappa shape index (κ3) is 3.02. The third-order valence-electron chi connectivity index (χ3n) is 2.82. The number of nitrogen functional groups attached to an aromatic ring is 1. The van der Waals surface area contributed by atoms with Crippen LogP contribution in [-0.2, 0) is 23.6 Å². The van der Waals surface area contributed by atoms with E-state index in [1.807, 2.05) is 0 Å². The molecule has 2 rings (SSSR count). The Morgan fingerprint density at radius 2 is 2.15 bits per heavy atom. The second-order valence-corrected chi connectivity index (χ2v) is 7.39. The number of anilines is 1. The van der Waals surface area contributed by atoms with Crippen LogP contribution in [0.1, 0.15) is 5.56 Å². The monoisotopic (exact) mass is 358 g/mol. The Labute approximate surface area is 126 Å². The maximum absolute atomic E-state index is 12.5. The fourth-order valence-corrected chi connectivity index (χ4v) is 3.45. The second kappa shape index (κ2) is 5.55. The summed E-state index contributed by atoms with van der Waals surface area (Å²) < 4.78 is 28.6. The average molecular weight is 359 g/mol. The van der Waals surface area contributed by atoms with Gasteiger partial charge in [-0.2, -0.15) is 9.40 Å². The summed E-state index contributed by atoms with van der Waals surface area (Å²) in [6.07, 6.45) is 3.41. The van der Waals surface area contributed by atoms with Crippen LogP contribution in [0.4, 0.5) is 5.69 Å². The molecule has 0 radical (unpaired) electrons. The third-order valence-corrected chi connectivity index (χ3v) is 5.19. The molecule has 2 aromatic rings. The summed E-state index contributed by atoms with van der Waals surface area (Å²) in [7, 11) is -0.325. The summed E-state index contributed by atoms with van der Waals surface area (Å²) in [5.74, 6) is 0. The highest BCUT2D eigenvalue weighted by atomic mass is 79.9. The van der Waals surface area contributed by atoms with Gasteiger partial charge in [0.15, 0.2) is 0 Å². The molecule has 1 aromatic heterocycles. The number of nitrogens with zero attached hydrogens (tertiary/aromatic N) is 3. The van der Waals surface area contributed by atoms with Gasteiger partial charge in [-0.05, 0) is 18.2 Å². The van der Waals surface area contributed by atoms with E-state index in [-0.39, 0.29) is 17.1 Å². The molecule has 20 heavy (non-hydrogen) atoms. The molecule has 2 N–H and O–H groups in total. The van der Waals surface area contributed by atoms with Crippen molar-refractivity contribution >= 4 is 31.6 Å². The van der Waals surface area contributed by atoms with E-state index in [1.165, 1.54) is 17.4 Å². The van der Waals surface area contributed by atoms with Crippen molar-refractivity contribution in [1.29, 1.82) is 0 Å². The fourth-order valence-electron chi connectivity index (χ4n) is 1.82. The number of aromatic nitrogens is 2. The van der Waals surface area contributed by atoms with Crippen molar-refractivity contribution in [1.82, 2.24) is 14.1 Å². The highest BCUT2D eigenvalue weighted by Crippen LogP contribution is 2.25. The first kappa shape index (κ1) is 15.0. The van der Waals surface area contributed by atoms with Gasteiger partial charge in [0, 0.05) is 36.9 Å². The van der Waals surface area contributed by atoms with Gasteiger partial charge in [-0.15, -0.1) is 0 Å². The van der Waals surface area contributed by atoms with Crippen LogP contribution in [0.3, 0.4) is 0 Å². The van der Waals surface area contributed by atoms with E-state index in [0.29, 0.717) is 0 Å². The highest BCUT2D eigenvalue weighted by Gasteiger charge is 2.23. The zero-order valence-electron chi connectivity index (χ0n) is 11.1. The molecule has 0 bridgehead atoms.